The standard InChI is InChI=1S/C25H26N4O2/c1-16-12-20(17(2)27-22-9-5-4-8-19(22)25(30)31)24-21(13-16)18(15-26)14-23(28-24)29-10-6-3-7-11-29/h4-5,8-9,12-14,17,27H,3,6-7,10-11H2,1-2H3,(H,30,31)/t17-/m1/s1. The van der Waals surface area contributed by atoms with E-state index in [4.69, 9.17) is 4.98 Å². The highest BCUT2D eigenvalue weighted by Crippen LogP contribution is 2.32. The van der Waals surface area contributed by atoms with Crippen molar-refractivity contribution >= 4 is 28.4 Å². The Balaban J connectivity index is 1.81. The highest BCUT2D eigenvalue weighted by Gasteiger charge is 2.20. The van der Waals surface area contributed by atoms with Gasteiger partial charge < -0.3 is 15.3 Å². The van der Waals surface area contributed by atoms with Crippen molar-refractivity contribution in [1.82, 2.24) is 4.98 Å². The Hall–Kier alpha value is -3.59. The number of aryl methyl sites for hydroxylation is 1. The first kappa shape index (κ1) is 20.7. The number of aromatic nitrogens is 1. The van der Waals surface area contributed by atoms with E-state index < -0.39 is 5.97 Å². The van der Waals surface area contributed by atoms with Crippen molar-refractivity contribution in [2.45, 2.75) is 39.2 Å². The molecule has 1 saturated heterocycles. The fraction of sp³-hybridized carbons (Fsp3) is 0.320. The Kier molecular flexibility index (Phi) is 5.77. The molecule has 0 unspecified atom stereocenters. The van der Waals surface area contributed by atoms with Crippen LogP contribution in [-0.4, -0.2) is 29.1 Å². The molecule has 1 aromatic heterocycles. The number of carboxylic acids is 1. The molecule has 3 aromatic rings. The summed E-state index contributed by atoms with van der Waals surface area (Å²) in [5.41, 5.74) is 4.18. The quantitative estimate of drug-likeness (QED) is 0.591. The molecule has 1 aliphatic rings. The predicted molar refractivity (Wildman–Crippen MR) is 123 cm³/mol. The van der Waals surface area contributed by atoms with Crippen molar-refractivity contribution in [3.05, 3.63) is 64.7 Å². The lowest BCUT2D eigenvalue weighted by atomic mass is 9.97. The van der Waals surface area contributed by atoms with E-state index in [9.17, 15) is 15.2 Å². The lowest BCUT2D eigenvalue weighted by Crippen LogP contribution is -2.30. The van der Waals surface area contributed by atoms with Crippen LogP contribution in [0.4, 0.5) is 11.5 Å². The normalized spacial score (nSPS) is 14.8. The van der Waals surface area contributed by atoms with Crippen LogP contribution in [0.3, 0.4) is 0 Å². The van der Waals surface area contributed by atoms with Crippen LogP contribution in [-0.2, 0) is 0 Å². The number of rotatable bonds is 5. The zero-order valence-corrected chi connectivity index (χ0v) is 17.9. The van der Waals surface area contributed by atoms with Gasteiger partial charge in [0.05, 0.1) is 28.8 Å². The summed E-state index contributed by atoms with van der Waals surface area (Å²) in [5, 5.41) is 23.5. The van der Waals surface area contributed by atoms with E-state index in [1.807, 2.05) is 32.0 Å². The van der Waals surface area contributed by atoms with Gasteiger partial charge in [-0.1, -0.05) is 18.2 Å². The summed E-state index contributed by atoms with van der Waals surface area (Å²) in [6.07, 6.45) is 3.49. The number of nitrogens with one attached hydrogen (secondary N) is 1. The minimum Gasteiger partial charge on any atom is -0.478 e. The molecule has 0 amide bonds. The highest BCUT2D eigenvalue weighted by atomic mass is 16.4. The number of aromatic carboxylic acids is 1. The maximum Gasteiger partial charge on any atom is 0.337 e. The highest BCUT2D eigenvalue weighted by molar-refractivity contribution is 5.94. The Labute approximate surface area is 182 Å². The molecule has 158 valence electrons. The van der Waals surface area contributed by atoms with Gasteiger partial charge in [-0.25, -0.2) is 9.78 Å². The number of pyridine rings is 1. The number of fused-ring (bicyclic) bond motifs is 1. The molecule has 6 heteroatoms. The number of nitriles is 1. The molecule has 2 aromatic carbocycles. The zero-order chi connectivity index (χ0) is 22.0. The third-order valence-corrected chi connectivity index (χ3v) is 5.87. The SMILES string of the molecule is Cc1cc([C@@H](C)Nc2ccccc2C(=O)O)c2nc(N3CCCCC3)cc(C#N)c2c1. The number of anilines is 2. The molecule has 31 heavy (non-hydrogen) atoms. The topological polar surface area (TPSA) is 89.2 Å². The van der Waals surface area contributed by atoms with Crippen LogP contribution < -0.4 is 10.2 Å². The third kappa shape index (κ3) is 4.17. The van der Waals surface area contributed by atoms with Crippen molar-refractivity contribution < 1.29 is 9.90 Å². The Morgan fingerprint density at radius 2 is 1.94 bits per heavy atom. The lowest BCUT2D eigenvalue weighted by Gasteiger charge is -2.28. The zero-order valence-electron chi connectivity index (χ0n) is 17.9. The van der Waals surface area contributed by atoms with Crippen LogP contribution in [0.25, 0.3) is 10.9 Å². The monoisotopic (exact) mass is 414 g/mol. The summed E-state index contributed by atoms with van der Waals surface area (Å²) in [7, 11) is 0. The van der Waals surface area contributed by atoms with Crippen LogP contribution in [0.2, 0.25) is 0 Å². The van der Waals surface area contributed by atoms with E-state index in [-0.39, 0.29) is 11.6 Å². The van der Waals surface area contributed by atoms with Gasteiger partial charge in [0.25, 0.3) is 0 Å². The third-order valence-electron chi connectivity index (χ3n) is 5.87. The minimum atomic E-state index is -0.971. The summed E-state index contributed by atoms with van der Waals surface area (Å²) in [6.45, 7) is 5.89. The molecule has 4 rings (SSSR count). The molecule has 0 aliphatic carbocycles. The van der Waals surface area contributed by atoms with Crippen LogP contribution in [0, 0.1) is 18.3 Å². The van der Waals surface area contributed by atoms with Gasteiger partial charge in [0.1, 0.15) is 5.82 Å². The molecular weight excluding hydrogens is 388 g/mol. The smallest absolute Gasteiger partial charge is 0.337 e. The van der Waals surface area contributed by atoms with Gasteiger partial charge in [-0.15, -0.1) is 0 Å². The van der Waals surface area contributed by atoms with Gasteiger partial charge >= 0.3 is 5.97 Å². The van der Waals surface area contributed by atoms with E-state index >= 15 is 0 Å². The van der Waals surface area contributed by atoms with Crippen molar-refractivity contribution in [3.8, 4) is 6.07 Å². The van der Waals surface area contributed by atoms with Gasteiger partial charge in [-0.05, 0) is 62.9 Å². The molecular formula is C25H26N4O2. The van der Waals surface area contributed by atoms with Crippen molar-refractivity contribution in [2.24, 2.45) is 0 Å². The van der Waals surface area contributed by atoms with E-state index in [2.05, 4.69) is 22.4 Å². The van der Waals surface area contributed by atoms with Gasteiger partial charge in [-0.2, -0.15) is 5.26 Å². The Morgan fingerprint density at radius 3 is 2.65 bits per heavy atom. The van der Waals surface area contributed by atoms with Crippen molar-refractivity contribution in [3.63, 3.8) is 0 Å². The molecule has 1 fully saturated rings. The summed E-state index contributed by atoms with van der Waals surface area (Å²) in [5.74, 6) is -0.131. The largest absolute Gasteiger partial charge is 0.478 e. The second kappa shape index (κ2) is 8.65. The maximum atomic E-state index is 11.6. The lowest BCUT2D eigenvalue weighted by molar-refractivity contribution is 0.0698. The molecule has 0 spiro atoms. The molecule has 0 radical (unpaired) electrons. The summed E-state index contributed by atoms with van der Waals surface area (Å²) < 4.78 is 0. The fourth-order valence-electron chi connectivity index (χ4n) is 4.30. The van der Waals surface area contributed by atoms with Crippen LogP contribution >= 0.6 is 0 Å². The van der Waals surface area contributed by atoms with Gasteiger partial charge in [-0.3, -0.25) is 0 Å². The van der Waals surface area contributed by atoms with Gasteiger partial charge in [0, 0.05) is 29.7 Å². The van der Waals surface area contributed by atoms with E-state index in [0.717, 1.165) is 53.8 Å². The molecule has 2 N–H and O–H groups in total. The number of benzene rings is 2. The molecule has 1 aliphatic heterocycles. The van der Waals surface area contributed by atoms with E-state index in [1.54, 1.807) is 18.2 Å². The first-order chi connectivity index (χ1) is 15.0. The Morgan fingerprint density at radius 1 is 1.19 bits per heavy atom. The first-order valence-electron chi connectivity index (χ1n) is 10.7. The molecule has 2 heterocycles. The van der Waals surface area contributed by atoms with Crippen LogP contribution in [0.5, 0.6) is 0 Å². The number of hydrogen-bond acceptors (Lipinski definition) is 5. The number of carbonyl (C=O) groups is 1. The minimum absolute atomic E-state index is 0.196. The van der Waals surface area contributed by atoms with Crippen molar-refractivity contribution in [1.29, 1.82) is 5.26 Å². The summed E-state index contributed by atoms with van der Waals surface area (Å²) in [6, 6.07) is 15.0. The molecule has 6 nitrogen and oxygen atoms in total. The number of carboxylic acid groups (broad SMARTS) is 1. The number of piperidine rings is 1. The summed E-state index contributed by atoms with van der Waals surface area (Å²) >= 11 is 0. The van der Waals surface area contributed by atoms with E-state index in [1.165, 1.54) is 6.42 Å². The average Bonchev–Trinajstić information content (AvgIpc) is 2.78. The fourth-order valence-corrected chi connectivity index (χ4v) is 4.30. The number of para-hydroxylation sites is 1. The number of hydrogen-bond donors (Lipinski definition) is 2. The van der Waals surface area contributed by atoms with E-state index in [0.29, 0.717) is 11.3 Å². The predicted octanol–water partition coefficient (Wildman–Crippen LogP) is 5.28. The second-order valence-electron chi connectivity index (χ2n) is 8.15. The van der Waals surface area contributed by atoms with Crippen LogP contribution in [0.15, 0.2) is 42.5 Å². The van der Waals surface area contributed by atoms with Crippen LogP contribution in [0.1, 0.15) is 59.3 Å². The first-order valence-corrected chi connectivity index (χ1v) is 10.7. The van der Waals surface area contributed by atoms with Crippen molar-refractivity contribution in [2.75, 3.05) is 23.3 Å². The number of nitrogens with zero attached hydrogens (tertiary/aromatic N) is 3. The molecule has 0 bridgehead atoms. The molecule has 1 atom stereocenters. The maximum absolute atomic E-state index is 11.6. The Bertz CT molecular complexity index is 1180. The average molecular weight is 415 g/mol. The molecule has 0 saturated carbocycles. The summed E-state index contributed by atoms with van der Waals surface area (Å²) in [4.78, 5) is 18.9. The van der Waals surface area contributed by atoms with Gasteiger partial charge in [0.15, 0.2) is 0 Å². The second-order valence-corrected chi connectivity index (χ2v) is 8.15. The van der Waals surface area contributed by atoms with Gasteiger partial charge in [0.2, 0.25) is 0 Å².